The molecule has 0 unspecified atom stereocenters. The van der Waals surface area contributed by atoms with Gasteiger partial charge in [0, 0.05) is 23.5 Å². The monoisotopic (exact) mass is 279 g/mol. The Hall–Kier alpha value is -1.18. The quantitative estimate of drug-likeness (QED) is 0.645. The van der Waals surface area contributed by atoms with Crippen molar-refractivity contribution in [2.75, 3.05) is 6.54 Å². The van der Waals surface area contributed by atoms with E-state index in [-0.39, 0.29) is 23.3 Å². The average Bonchev–Trinajstić information content (AvgIpc) is 2.61. The summed E-state index contributed by atoms with van der Waals surface area (Å²) >= 11 is 0.928. The van der Waals surface area contributed by atoms with Gasteiger partial charge in [-0.3, -0.25) is 14.9 Å². The van der Waals surface area contributed by atoms with E-state index in [9.17, 15) is 14.9 Å². The molecule has 0 aliphatic heterocycles. The Labute approximate surface area is 109 Å². The molecule has 0 saturated carbocycles. The Morgan fingerprint density at radius 1 is 1.65 bits per heavy atom. The van der Waals surface area contributed by atoms with Gasteiger partial charge in [0.1, 0.15) is 0 Å². The molecule has 0 aliphatic rings. The van der Waals surface area contributed by atoms with E-state index in [0.29, 0.717) is 12.1 Å². The molecule has 0 fully saturated rings. The third kappa shape index (κ3) is 5.12. The maximum absolute atomic E-state index is 11.5. The van der Waals surface area contributed by atoms with Crippen molar-refractivity contribution in [1.29, 1.82) is 0 Å². The second kappa shape index (κ2) is 5.95. The summed E-state index contributed by atoms with van der Waals surface area (Å²) in [7, 11) is 0. The van der Waals surface area contributed by atoms with Crippen LogP contribution < -0.4 is 11.1 Å². The van der Waals surface area contributed by atoms with Gasteiger partial charge in [-0.1, -0.05) is 11.3 Å². The predicted octanol–water partition coefficient (Wildman–Crippen LogP) is 1.55. The van der Waals surface area contributed by atoms with Gasteiger partial charge in [-0.25, -0.2) is 0 Å². The number of halogens is 1. The summed E-state index contributed by atoms with van der Waals surface area (Å²) in [6, 6.07) is 1.25. The zero-order valence-corrected chi connectivity index (χ0v) is 11.1. The molecular formula is C9H14ClN3O3S. The molecule has 96 valence electrons. The molecule has 0 aromatic carbocycles. The molecule has 6 nitrogen and oxygen atoms in total. The maximum atomic E-state index is 11.5. The summed E-state index contributed by atoms with van der Waals surface area (Å²) in [5, 5.41) is 14.4. The van der Waals surface area contributed by atoms with Gasteiger partial charge in [-0.05, 0) is 13.8 Å². The van der Waals surface area contributed by atoms with Gasteiger partial charge in [-0.2, -0.15) is 0 Å². The van der Waals surface area contributed by atoms with Crippen molar-refractivity contribution >= 4 is 34.7 Å². The van der Waals surface area contributed by atoms with Crippen LogP contribution >= 0.6 is 23.7 Å². The van der Waals surface area contributed by atoms with Gasteiger partial charge >= 0.3 is 5.00 Å². The number of rotatable bonds is 4. The van der Waals surface area contributed by atoms with Gasteiger partial charge in [0.15, 0.2) is 0 Å². The Morgan fingerprint density at radius 2 is 2.24 bits per heavy atom. The van der Waals surface area contributed by atoms with Crippen LogP contribution in [-0.4, -0.2) is 22.9 Å². The highest BCUT2D eigenvalue weighted by Gasteiger charge is 2.17. The van der Waals surface area contributed by atoms with Gasteiger partial charge in [-0.15, -0.1) is 12.4 Å². The number of hydrogen-bond acceptors (Lipinski definition) is 5. The van der Waals surface area contributed by atoms with Crippen molar-refractivity contribution in [1.82, 2.24) is 5.32 Å². The third-order valence-electron chi connectivity index (χ3n) is 1.73. The molecule has 1 rings (SSSR count). The highest BCUT2D eigenvalue weighted by atomic mass is 35.5. The highest BCUT2D eigenvalue weighted by molar-refractivity contribution is 7.13. The van der Waals surface area contributed by atoms with Crippen LogP contribution in [0.5, 0.6) is 0 Å². The smallest absolute Gasteiger partial charge is 0.324 e. The highest BCUT2D eigenvalue weighted by Crippen LogP contribution is 2.22. The molecule has 1 aromatic heterocycles. The minimum atomic E-state index is -0.520. The molecule has 1 aromatic rings. The number of carbonyl (C=O) groups excluding carboxylic acids is 1. The Bertz CT molecular complexity index is 414. The minimum absolute atomic E-state index is 0. The fourth-order valence-corrected chi connectivity index (χ4v) is 1.65. The fraction of sp³-hybridized carbons (Fsp3) is 0.444. The molecule has 0 atom stereocenters. The van der Waals surface area contributed by atoms with Crippen molar-refractivity contribution in [3.05, 3.63) is 27.1 Å². The molecule has 3 N–H and O–H groups in total. The first-order chi connectivity index (χ1) is 7.29. The Kier molecular flexibility index (Phi) is 5.53. The topological polar surface area (TPSA) is 98.3 Å². The number of nitro groups is 1. The molecule has 0 spiro atoms. The van der Waals surface area contributed by atoms with E-state index in [1.54, 1.807) is 13.8 Å². The molecular weight excluding hydrogens is 266 g/mol. The zero-order chi connectivity index (χ0) is 12.3. The fourth-order valence-electron chi connectivity index (χ4n) is 0.950. The molecule has 0 bridgehead atoms. The van der Waals surface area contributed by atoms with Gasteiger partial charge < -0.3 is 11.1 Å². The lowest BCUT2D eigenvalue weighted by molar-refractivity contribution is -0.380. The first-order valence-corrected chi connectivity index (χ1v) is 5.47. The largest absolute Gasteiger partial charge is 0.350 e. The van der Waals surface area contributed by atoms with Crippen LogP contribution in [0.15, 0.2) is 11.4 Å². The summed E-state index contributed by atoms with van der Waals surface area (Å²) in [4.78, 5) is 21.4. The molecule has 0 radical (unpaired) electrons. The summed E-state index contributed by atoms with van der Waals surface area (Å²) in [5.41, 5.74) is 5.49. The predicted molar refractivity (Wildman–Crippen MR) is 68.8 cm³/mol. The van der Waals surface area contributed by atoms with E-state index >= 15 is 0 Å². The minimum Gasteiger partial charge on any atom is -0.350 e. The molecule has 8 heteroatoms. The third-order valence-corrected chi connectivity index (χ3v) is 2.61. The van der Waals surface area contributed by atoms with Crippen LogP contribution in [0.1, 0.15) is 24.2 Å². The summed E-state index contributed by atoms with van der Waals surface area (Å²) in [6.45, 7) is 3.88. The molecule has 1 amide bonds. The number of carbonyl (C=O) groups is 1. The van der Waals surface area contributed by atoms with Crippen molar-refractivity contribution in [3.8, 4) is 0 Å². The van der Waals surface area contributed by atoms with Crippen LogP contribution in [0, 0.1) is 10.1 Å². The van der Waals surface area contributed by atoms with Crippen molar-refractivity contribution in [2.24, 2.45) is 5.73 Å². The normalized spacial score (nSPS) is 10.5. The Balaban J connectivity index is 0.00000256. The van der Waals surface area contributed by atoms with Crippen molar-refractivity contribution in [2.45, 2.75) is 19.4 Å². The molecule has 1 heterocycles. The second-order valence-corrected chi connectivity index (χ2v) is 4.99. The van der Waals surface area contributed by atoms with E-state index in [0.717, 1.165) is 11.3 Å². The summed E-state index contributed by atoms with van der Waals surface area (Å²) in [6.07, 6.45) is 0. The number of nitrogens with one attached hydrogen (secondary N) is 1. The lowest BCUT2D eigenvalue weighted by atomic mass is 10.1. The van der Waals surface area contributed by atoms with E-state index < -0.39 is 10.5 Å². The van der Waals surface area contributed by atoms with Crippen LogP contribution in [0.25, 0.3) is 0 Å². The van der Waals surface area contributed by atoms with E-state index in [2.05, 4.69) is 5.32 Å². The summed E-state index contributed by atoms with van der Waals surface area (Å²) in [5.74, 6) is -0.345. The van der Waals surface area contributed by atoms with Gasteiger partial charge in [0.25, 0.3) is 5.91 Å². The standard InChI is InChI=1S/C9H13N3O3S.ClH/c1-9(2,10)5-11-8(13)6-3-7(12(14)15)16-4-6;/h3-4H,5,10H2,1-2H3,(H,11,13);1H. The second-order valence-electron chi connectivity index (χ2n) is 4.10. The number of amides is 1. The van der Waals surface area contributed by atoms with Gasteiger partial charge in [0.05, 0.1) is 10.5 Å². The zero-order valence-electron chi connectivity index (χ0n) is 9.43. The first-order valence-electron chi connectivity index (χ1n) is 4.59. The van der Waals surface area contributed by atoms with Gasteiger partial charge in [0.2, 0.25) is 0 Å². The van der Waals surface area contributed by atoms with E-state index in [4.69, 9.17) is 5.73 Å². The van der Waals surface area contributed by atoms with Crippen LogP contribution in [-0.2, 0) is 0 Å². The number of hydrogen-bond donors (Lipinski definition) is 2. The summed E-state index contributed by atoms with van der Waals surface area (Å²) < 4.78 is 0. The molecule has 0 aliphatic carbocycles. The lowest BCUT2D eigenvalue weighted by Crippen LogP contribution is -2.45. The van der Waals surface area contributed by atoms with Crippen LogP contribution in [0.3, 0.4) is 0 Å². The molecule has 17 heavy (non-hydrogen) atoms. The number of nitrogens with zero attached hydrogens (tertiary/aromatic N) is 1. The number of thiophene rings is 1. The van der Waals surface area contributed by atoms with Crippen LogP contribution in [0.2, 0.25) is 0 Å². The molecule has 0 saturated heterocycles. The van der Waals surface area contributed by atoms with E-state index in [1.165, 1.54) is 11.4 Å². The van der Waals surface area contributed by atoms with Crippen LogP contribution in [0.4, 0.5) is 5.00 Å². The average molecular weight is 280 g/mol. The lowest BCUT2D eigenvalue weighted by Gasteiger charge is -2.18. The van der Waals surface area contributed by atoms with Crippen molar-refractivity contribution in [3.63, 3.8) is 0 Å². The SMILES string of the molecule is CC(C)(N)CNC(=O)c1csc([N+](=O)[O-])c1.Cl. The van der Waals surface area contributed by atoms with Crippen molar-refractivity contribution < 1.29 is 9.72 Å². The maximum Gasteiger partial charge on any atom is 0.324 e. The first kappa shape index (κ1) is 15.8. The number of nitrogens with two attached hydrogens (primary N) is 1. The van der Waals surface area contributed by atoms with E-state index in [1.807, 2.05) is 0 Å². The Morgan fingerprint density at radius 3 is 2.65 bits per heavy atom.